The van der Waals surface area contributed by atoms with Gasteiger partial charge in [0.15, 0.2) is 0 Å². The predicted molar refractivity (Wildman–Crippen MR) is 78.1 cm³/mol. The lowest BCUT2D eigenvalue weighted by Gasteiger charge is -2.17. The van der Waals surface area contributed by atoms with Crippen LogP contribution in [0.3, 0.4) is 0 Å². The minimum absolute atomic E-state index is 0.00525. The second kappa shape index (κ2) is 7.68. The summed E-state index contributed by atoms with van der Waals surface area (Å²) >= 11 is 0. The molecule has 0 fully saturated rings. The van der Waals surface area contributed by atoms with Gasteiger partial charge in [-0.15, -0.1) is 0 Å². The van der Waals surface area contributed by atoms with E-state index in [1.807, 2.05) is 0 Å². The molecule has 0 heterocycles. The molecule has 0 aliphatic rings. The molecule has 1 aromatic rings. The highest BCUT2D eigenvalue weighted by Crippen LogP contribution is 2.29. The Morgan fingerprint density at radius 3 is 2.13 bits per heavy atom. The van der Waals surface area contributed by atoms with Crippen LogP contribution in [0.1, 0.15) is 38.3 Å². The van der Waals surface area contributed by atoms with Gasteiger partial charge in [-0.25, -0.2) is 13.8 Å². The van der Waals surface area contributed by atoms with Crippen molar-refractivity contribution in [3.05, 3.63) is 46.7 Å². The maximum atomic E-state index is 14.2. The topological polar surface area (TPSA) is 32.6 Å². The summed E-state index contributed by atoms with van der Waals surface area (Å²) in [4.78, 5) is 3.49. The molecular formula is C16H18F5NO. The molecule has 128 valence electrons. The molecule has 0 saturated carbocycles. The summed E-state index contributed by atoms with van der Waals surface area (Å²) < 4.78 is 67.0. The largest absolute Gasteiger partial charge is 0.433 e. The van der Waals surface area contributed by atoms with E-state index in [9.17, 15) is 22.0 Å². The Balaban J connectivity index is 3.57. The van der Waals surface area contributed by atoms with Crippen LogP contribution in [-0.4, -0.2) is 17.0 Å². The standard InChI is InChI=1S/C16H18F5NO/c1-4-9(3)15(22-13(5-2)16(19,20)21)14-11(17)6-10(8-23)7-12(14)18/h5-7,9,23H,4,8H2,1-3H3/b13-5-,22-15?. The van der Waals surface area contributed by atoms with Crippen LogP contribution in [0.2, 0.25) is 0 Å². The molecule has 1 atom stereocenters. The van der Waals surface area contributed by atoms with Crippen molar-refractivity contribution in [2.24, 2.45) is 10.9 Å². The molecule has 0 spiro atoms. The molecule has 2 nitrogen and oxygen atoms in total. The number of rotatable bonds is 5. The molecule has 0 aromatic heterocycles. The van der Waals surface area contributed by atoms with E-state index in [1.165, 1.54) is 0 Å². The van der Waals surface area contributed by atoms with Crippen LogP contribution in [-0.2, 0) is 6.61 Å². The van der Waals surface area contributed by atoms with E-state index < -0.39 is 41.6 Å². The van der Waals surface area contributed by atoms with Crippen molar-refractivity contribution in [2.45, 2.75) is 40.0 Å². The van der Waals surface area contributed by atoms with Gasteiger partial charge in [0.1, 0.15) is 17.3 Å². The number of nitrogens with zero attached hydrogens (tertiary/aromatic N) is 1. The van der Waals surface area contributed by atoms with Gasteiger partial charge in [0.2, 0.25) is 0 Å². The monoisotopic (exact) mass is 335 g/mol. The molecule has 0 saturated heterocycles. The Bertz CT molecular complexity index is 596. The predicted octanol–water partition coefficient (Wildman–Crippen LogP) is 4.76. The Kier molecular flexibility index (Phi) is 6.44. The molecular weight excluding hydrogens is 317 g/mol. The highest BCUT2D eigenvalue weighted by Gasteiger charge is 2.34. The van der Waals surface area contributed by atoms with Crippen LogP contribution in [0, 0.1) is 17.6 Å². The van der Waals surface area contributed by atoms with Gasteiger partial charge in [-0.2, -0.15) is 13.2 Å². The Hall–Kier alpha value is -1.76. The van der Waals surface area contributed by atoms with Crippen LogP contribution in [0.25, 0.3) is 0 Å². The van der Waals surface area contributed by atoms with Crippen molar-refractivity contribution in [1.29, 1.82) is 0 Å². The Morgan fingerprint density at radius 1 is 1.26 bits per heavy atom. The van der Waals surface area contributed by atoms with E-state index in [1.54, 1.807) is 13.8 Å². The maximum absolute atomic E-state index is 14.2. The molecule has 23 heavy (non-hydrogen) atoms. The van der Waals surface area contributed by atoms with Crippen molar-refractivity contribution < 1.29 is 27.1 Å². The number of alkyl halides is 3. The first-order valence-corrected chi connectivity index (χ1v) is 7.06. The van der Waals surface area contributed by atoms with Crippen LogP contribution in [0.15, 0.2) is 28.9 Å². The molecule has 0 radical (unpaired) electrons. The van der Waals surface area contributed by atoms with E-state index in [0.717, 1.165) is 25.1 Å². The van der Waals surface area contributed by atoms with Crippen LogP contribution in [0.5, 0.6) is 0 Å². The third kappa shape index (κ3) is 4.60. The van der Waals surface area contributed by atoms with Gasteiger partial charge in [0.25, 0.3) is 0 Å². The van der Waals surface area contributed by atoms with Crippen LogP contribution in [0.4, 0.5) is 22.0 Å². The fraction of sp³-hybridized carbons (Fsp3) is 0.438. The first-order chi connectivity index (χ1) is 10.6. The molecule has 1 unspecified atom stereocenters. The minimum Gasteiger partial charge on any atom is -0.392 e. The second-order valence-electron chi connectivity index (χ2n) is 5.07. The number of benzene rings is 1. The average molecular weight is 335 g/mol. The average Bonchev–Trinajstić information content (AvgIpc) is 2.47. The van der Waals surface area contributed by atoms with E-state index >= 15 is 0 Å². The fourth-order valence-corrected chi connectivity index (χ4v) is 1.99. The fourth-order valence-electron chi connectivity index (χ4n) is 1.99. The lowest BCUT2D eigenvalue weighted by molar-refractivity contribution is -0.0924. The van der Waals surface area contributed by atoms with E-state index in [-0.39, 0.29) is 11.3 Å². The highest BCUT2D eigenvalue weighted by molar-refractivity contribution is 6.03. The second-order valence-corrected chi connectivity index (χ2v) is 5.07. The number of halogens is 5. The zero-order chi connectivity index (χ0) is 17.8. The first kappa shape index (κ1) is 19.3. The normalized spacial score (nSPS) is 15.0. The summed E-state index contributed by atoms with van der Waals surface area (Å²) in [7, 11) is 0. The lowest BCUT2D eigenvalue weighted by atomic mass is 9.94. The molecule has 1 aromatic carbocycles. The SMILES string of the molecule is C/C=C(\N=C(c1c(F)cc(CO)cc1F)C(C)CC)C(F)(F)F. The lowest BCUT2D eigenvalue weighted by Crippen LogP contribution is -2.20. The van der Waals surface area contributed by atoms with E-state index in [4.69, 9.17) is 5.11 Å². The number of aliphatic hydroxyl groups excluding tert-OH is 1. The van der Waals surface area contributed by atoms with Gasteiger partial charge < -0.3 is 5.11 Å². The highest BCUT2D eigenvalue weighted by atomic mass is 19.4. The third-order valence-corrected chi connectivity index (χ3v) is 3.42. The zero-order valence-electron chi connectivity index (χ0n) is 13.0. The zero-order valence-corrected chi connectivity index (χ0v) is 13.0. The molecule has 1 rings (SSSR count). The summed E-state index contributed by atoms with van der Waals surface area (Å²) in [5.41, 5.74) is -2.12. The van der Waals surface area contributed by atoms with Gasteiger partial charge >= 0.3 is 6.18 Å². The van der Waals surface area contributed by atoms with Crippen LogP contribution < -0.4 is 0 Å². The molecule has 0 bridgehead atoms. The van der Waals surface area contributed by atoms with Gasteiger partial charge in [-0.1, -0.05) is 19.9 Å². The third-order valence-electron chi connectivity index (χ3n) is 3.42. The number of allylic oxidation sites excluding steroid dienone is 2. The summed E-state index contributed by atoms with van der Waals surface area (Å²) in [5, 5.41) is 8.94. The molecule has 7 heteroatoms. The first-order valence-electron chi connectivity index (χ1n) is 7.06. The summed E-state index contributed by atoms with van der Waals surface area (Å²) in [6.07, 6.45) is -3.61. The van der Waals surface area contributed by atoms with Crippen LogP contribution >= 0.6 is 0 Å². The number of aliphatic hydroxyl groups is 1. The van der Waals surface area contributed by atoms with Gasteiger partial charge in [-0.3, -0.25) is 0 Å². The summed E-state index contributed by atoms with van der Waals surface area (Å²) in [6.45, 7) is 3.80. The summed E-state index contributed by atoms with van der Waals surface area (Å²) in [6, 6.07) is 1.78. The van der Waals surface area contributed by atoms with Crippen molar-refractivity contribution in [3.8, 4) is 0 Å². The Labute approximate surface area is 131 Å². The van der Waals surface area contributed by atoms with E-state index in [2.05, 4.69) is 4.99 Å². The number of aliphatic imine (C=N–C) groups is 1. The number of hydrogen-bond acceptors (Lipinski definition) is 2. The molecule has 0 aliphatic carbocycles. The maximum Gasteiger partial charge on any atom is 0.433 e. The molecule has 1 N–H and O–H groups in total. The number of hydrogen-bond donors (Lipinski definition) is 1. The van der Waals surface area contributed by atoms with Gasteiger partial charge in [0.05, 0.1) is 17.9 Å². The van der Waals surface area contributed by atoms with Gasteiger partial charge in [-0.05, 0) is 37.0 Å². The van der Waals surface area contributed by atoms with Crippen molar-refractivity contribution in [2.75, 3.05) is 0 Å². The molecule has 0 amide bonds. The molecule has 0 aliphatic heterocycles. The van der Waals surface area contributed by atoms with Crippen molar-refractivity contribution in [1.82, 2.24) is 0 Å². The summed E-state index contributed by atoms with van der Waals surface area (Å²) in [5.74, 6) is -2.69. The van der Waals surface area contributed by atoms with E-state index in [0.29, 0.717) is 6.42 Å². The Morgan fingerprint density at radius 2 is 1.78 bits per heavy atom. The quantitative estimate of drug-likeness (QED) is 0.611. The van der Waals surface area contributed by atoms with Crippen molar-refractivity contribution in [3.63, 3.8) is 0 Å². The minimum atomic E-state index is -4.72. The smallest absolute Gasteiger partial charge is 0.392 e. The van der Waals surface area contributed by atoms with Gasteiger partial charge in [0, 0.05) is 0 Å². The van der Waals surface area contributed by atoms with Crippen molar-refractivity contribution >= 4 is 5.71 Å².